The Morgan fingerprint density at radius 1 is 1.26 bits per heavy atom. The van der Waals surface area contributed by atoms with Gasteiger partial charge in [0.25, 0.3) is 5.91 Å². The quantitative estimate of drug-likeness (QED) is 0.862. The Bertz CT molecular complexity index is 688. The van der Waals surface area contributed by atoms with E-state index >= 15 is 0 Å². The number of rotatable bonds is 3. The number of carbonyl (C=O) groups excluding carboxylic acids is 1. The van der Waals surface area contributed by atoms with Gasteiger partial charge in [-0.2, -0.15) is 5.10 Å². The van der Waals surface area contributed by atoms with E-state index in [4.69, 9.17) is 4.74 Å². The maximum Gasteiger partial charge on any atom is 0.259 e. The molecule has 0 aliphatic carbocycles. The highest BCUT2D eigenvalue weighted by Gasteiger charge is 2.44. The number of fused-ring (bicyclic) bond motifs is 2. The van der Waals surface area contributed by atoms with E-state index < -0.39 is 0 Å². The molecule has 0 N–H and O–H groups in total. The number of carbonyl (C=O) groups is 1. The molecular weight excluding hydrogens is 294 g/mol. The summed E-state index contributed by atoms with van der Waals surface area (Å²) < 4.78 is 7.18. The van der Waals surface area contributed by atoms with Crippen LogP contribution >= 0.6 is 0 Å². The summed E-state index contributed by atoms with van der Waals surface area (Å²) in [6.45, 7) is 0. The summed E-state index contributed by atoms with van der Waals surface area (Å²) in [6.07, 6.45) is 8.92. The molecule has 0 spiro atoms. The molecule has 23 heavy (non-hydrogen) atoms. The van der Waals surface area contributed by atoms with Crippen molar-refractivity contribution < 1.29 is 9.53 Å². The van der Waals surface area contributed by atoms with Crippen LogP contribution in [0.15, 0.2) is 31.0 Å². The Morgan fingerprint density at radius 2 is 2.04 bits per heavy atom. The molecule has 0 radical (unpaired) electrons. The second-order valence-corrected chi connectivity index (χ2v) is 6.16. The van der Waals surface area contributed by atoms with Crippen molar-refractivity contribution in [2.24, 2.45) is 0 Å². The van der Waals surface area contributed by atoms with Gasteiger partial charge in [-0.25, -0.2) is 14.6 Å². The molecule has 2 aromatic rings. The Kier molecular flexibility index (Phi) is 3.48. The Balaban J connectivity index is 1.58. The highest BCUT2D eigenvalue weighted by Crippen LogP contribution is 2.41. The smallest absolute Gasteiger partial charge is 0.259 e. The van der Waals surface area contributed by atoms with Crippen molar-refractivity contribution in [3.05, 3.63) is 36.5 Å². The van der Waals surface area contributed by atoms with Gasteiger partial charge in [0.2, 0.25) is 5.88 Å². The van der Waals surface area contributed by atoms with E-state index in [2.05, 4.69) is 15.1 Å². The van der Waals surface area contributed by atoms with Gasteiger partial charge in [-0.15, -0.1) is 0 Å². The molecule has 2 bridgehead atoms. The zero-order valence-electron chi connectivity index (χ0n) is 13.0. The van der Waals surface area contributed by atoms with Crippen LogP contribution in [0.3, 0.4) is 0 Å². The van der Waals surface area contributed by atoms with Crippen molar-refractivity contribution in [3.63, 3.8) is 0 Å². The predicted molar refractivity (Wildman–Crippen MR) is 82.1 cm³/mol. The number of amides is 1. The molecule has 4 rings (SSSR count). The lowest BCUT2D eigenvalue weighted by Gasteiger charge is -2.39. The molecule has 2 aliphatic heterocycles. The number of piperidine rings is 1. The fourth-order valence-electron chi connectivity index (χ4n) is 3.96. The molecule has 2 saturated heterocycles. The fourth-order valence-corrected chi connectivity index (χ4v) is 3.96. The molecule has 0 saturated carbocycles. The minimum Gasteiger partial charge on any atom is -0.480 e. The zero-order chi connectivity index (χ0) is 15.8. The van der Waals surface area contributed by atoms with Gasteiger partial charge in [0, 0.05) is 18.3 Å². The van der Waals surface area contributed by atoms with E-state index in [9.17, 15) is 4.79 Å². The average Bonchev–Trinajstić information content (AvgIpc) is 3.21. The van der Waals surface area contributed by atoms with E-state index in [1.54, 1.807) is 38.1 Å². The lowest BCUT2D eigenvalue weighted by Crippen LogP contribution is -2.47. The van der Waals surface area contributed by atoms with Crippen LogP contribution in [0.1, 0.15) is 42.1 Å². The van der Waals surface area contributed by atoms with Crippen LogP contribution in [0.4, 0.5) is 0 Å². The van der Waals surface area contributed by atoms with Crippen LogP contribution in [-0.4, -0.2) is 49.7 Å². The Hall–Kier alpha value is -2.44. The van der Waals surface area contributed by atoms with Gasteiger partial charge in [-0.05, 0) is 37.8 Å². The third-order valence-corrected chi connectivity index (χ3v) is 4.95. The maximum absolute atomic E-state index is 13.0. The number of ether oxygens (including phenoxy) is 1. The Morgan fingerprint density at radius 3 is 2.70 bits per heavy atom. The first-order valence-electron chi connectivity index (χ1n) is 7.93. The number of hydrogen-bond donors (Lipinski definition) is 0. The number of nitrogens with zero attached hydrogens (tertiary/aromatic N) is 5. The van der Waals surface area contributed by atoms with Crippen molar-refractivity contribution in [2.45, 2.75) is 43.8 Å². The van der Waals surface area contributed by atoms with Gasteiger partial charge in [0.15, 0.2) is 0 Å². The van der Waals surface area contributed by atoms with Crippen molar-refractivity contribution in [1.29, 1.82) is 0 Å². The molecule has 2 fully saturated rings. The van der Waals surface area contributed by atoms with Gasteiger partial charge in [-0.1, -0.05) is 0 Å². The van der Waals surface area contributed by atoms with Crippen LogP contribution in [0.5, 0.6) is 5.88 Å². The first kappa shape index (κ1) is 14.2. The van der Waals surface area contributed by atoms with E-state index in [0.717, 1.165) is 25.7 Å². The molecule has 2 unspecified atom stereocenters. The van der Waals surface area contributed by atoms with Gasteiger partial charge in [0.05, 0.1) is 13.2 Å². The molecular formula is C16H19N5O2. The van der Waals surface area contributed by atoms with Gasteiger partial charge < -0.3 is 9.64 Å². The molecule has 1 amide bonds. The second-order valence-electron chi connectivity index (χ2n) is 6.16. The second kappa shape index (κ2) is 5.64. The largest absolute Gasteiger partial charge is 0.480 e. The van der Waals surface area contributed by atoms with Gasteiger partial charge >= 0.3 is 0 Å². The van der Waals surface area contributed by atoms with Crippen molar-refractivity contribution in [1.82, 2.24) is 24.6 Å². The third-order valence-electron chi connectivity index (χ3n) is 4.95. The van der Waals surface area contributed by atoms with Crippen LogP contribution in [0, 0.1) is 0 Å². The van der Waals surface area contributed by atoms with E-state index in [-0.39, 0.29) is 18.0 Å². The van der Waals surface area contributed by atoms with Crippen molar-refractivity contribution in [2.75, 3.05) is 7.11 Å². The molecule has 2 aliphatic rings. The van der Waals surface area contributed by atoms with Gasteiger partial charge in [0.1, 0.15) is 18.2 Å². The molecule has 2 aromatic heterocycles. The summed E-state index contributed by atoms with van der Waals surface area (Å²) in [5.41, 5.74) is 0.547. The summed E-state index contributed by atoms with van der Waals surface area (Å²) in [5.74, 6) is 0.426. The first-order chi connectivity index (χ1) is 11.3. The van der Waals surface area contributed by atoms with E-state index in [1.807, 2.05) is 9.58 Å². The maximum atomic E-state index is 13.0. The topological polar surface area (TPSA) is 73.1 Å². The predicted octanol–water partition coefficient (Wildman–Crippen LogP) is 1.69. The van der Waals surface area contributed by atoms with Gasteiger partial charge in [-0.3, -0.25) is 4.79 Å². The molecule has 7 nitrogen and oxygen atoms in total. The highest BCUT2D eigenvalue weighted by molar-refractivity contribution is 5.97. The Labute approximate surface area is 134 Å². The van der Waals surface area contributed by atoms with Crippen molar-refractivity contribution >= 4 is 5.91 Å². The van der Waals surface area contributed by atoms with E-state index in [0.29, 0.717) is 17.5 Å². The fraction of sp³-hybridized carbons (Fsp3) is 0.500. The summed E-state index contributed by atoms with van der Waals surface area (Å²) >= 11 is 0. The first-order valence-corrected chi connectivity index (χ1v) is 7.93. The lowest BCUT2D eigenvalue weighted by atomic mass is 9.96. The van der Waals surface area contributed by atoms with Crippen LogP contribution < -0.4 is 4.74 Å². The molecule has 7 heteroatoms. The minimum atomic E-state index is 0.0273. The summed E-state index contributed by atoms with van der Waals surface area (Å²) in [6, 6.07) is 4.40. The van der Waals surface area contributed by atoms with Crippen LogP contribution in [0.2, 0.25) is 0 Å². The number of hydrogen-bond acceptors (Lipinski definition) is 5. The molecule has 120 valence electrons. The summed E-state index contributed by atoms with van der Waals surface area (Å²) in [7, 11) is 1.55. The number of aromatic nitrogens is 4. The number of pyridine rings is 1. The monoisotopic (exact) mass is 313 g/mol. The van der Waals surface area contributed by atoms with E-state index in [1.165, 1.54) is 0 Å². The summed E-state index contributed by atoms with van der Waals surface area (Å²) in [5, 5.41) is 4.26. The molecule has 0 aromatic carbocycles. The standard InChI is InChI=1S/C16H19N5O2/c1-23-15-14(3-2-6-18-15)16(22)21-11-4-5-12(21)8-13(7-11)20-10-17-9-19-20/h2-3,6,9-13H,4-5,7-8H2,1H3. The zero-order valence-corrected chi connectivity index (χ0v) is 13.0. The molecule has 2 atom stereocenters. The van der Waals surface area contributed by atoms with Crippen LogP contribution in [0.25, 0.3) is 0 Å². The lowest BCUT2D eigenvalue weighted by molar-refractivity contribution is 0.0520. The molecule has 4 heterocycles. The van der Waals surface area contributed by atoms with Crippen LogP contribution in [-0.2, 0) is 0 Å². The normalized spacial score (nSPS) is 26.3. The summed E-state index contributed by atoms with van der Waals surface area (Å²) in [4.78, 5) is 23.2. The van der Waals surface area contributed by atoms with Crippen molar-refractivity contribution in [3.8, 4) is 5.88 Å². The number of methoxy groups -OCH3 is 1. The average molecular weight is 313 g/mol. The third kappa shape index (κ3) is 2.36. The highest BCUT2D eigenvalue weighted by atomic mass is 16.5. The minimum absolute atomic E-state index is 0.0273. The SMILES string of the molecule is COc1ncccc1C(=O)N1C2CCC1CC(n1cncn1)C2.